The third-order valence-corrected chi connectivity index (χ3v) is 3.12. The van der Waals surface area contributed by atoms with Gasteiger partial charge in [0.1, 0.15) is 18.5 Å². The van der Waals surface area contributed by atoms with Gasteiger partial charge >= 0.3 is 6.09 Å². The first-order chi connectivity index (χ1) is 10.1. The van der Waals surface area contributed by atoms with E-state index in [0.29, 0.717) is 0 Å². The molecule has 1 N–H and O–H groups in total. The highest BCUT2D eigenvalue weighted by molar-refractivity contribution is 5.68. The first kappa shape index (κ1) is 14.8. The van der Waals surface area contributed by atoms with Crippen molar-refractivity contribution >= 4 is 6.09 Å². The van der Waals surface area contributed by atoms with Gasteiger partial charge in [0.25, 0.3) is 0 Å². The van der Waals surface area contributed by atoms with Gasteiger partial charge in [-0.3, -0.25) is 0 Å². The second-order valence-corrected chi connectivity index (χ2v) is 4.77. The Labute approximate surface area is 124 Å². The molecule has 1 aromatic heterocycles. The summed E-state index contributed by atoms with van der Waals surface area (Å²) in [6.45, 7) is 5.72. The Hall–Kier alpha value is -2.56. The van der Waals surface area contributed by atoms with Crippen molar-refractivity contribution in [3.8, 4) is 0 Å². The van der Waals surface area contributed by atoms with Gasteiger partial charge in [0.2, 0.25) is 0 Å². The lowest BCUT2D eigenvalue weighted by atomic mass is 10.0. The van der Waals surface area contributed by atoms with Crippen molar-refractivity contribution < 1.29 is 9.53 Å². The molecule has 0 saturated heterocycles. The standard InChI is InChI=1S/C16H19N3O2/c1-4-11-21-16(20)18-14(15-17-9-10-19(15)3)13-7-5-12(2)6-8-13/h4-10,14H,1,11H2,2-3H3,(H,18,20). The van der Waals surface area contributed by atoms with Crippen LogP contribution in [0.3, 0.4) is 0 Å². The van der Waals surface area contributed by atoms with Crippen LogP contribution in [0.2, 0.25) is 0 Å². The number of imidazole rings is 1. The molecule has 1 aromatic carbocycles. The second kappa shape index (κ2) is 6.74. The smallest absolute Gasteiger partial charge is 0.408 e. The number of rotatable bonds is 5. The van der Waals surface area contributed by atoms with Crippen molar-refractivity contribution in [1.29, 1.82) is 0 Å². The molecule has 1 amide bonds. The van der Waals surface area contributed by atoms with Crippen molar-refractivity contribution in [1.82, 2.24) is 14.9 Å². The van der Waals surface area contributed by atoms with Gasteiger partial charge in [0, 0.05) is 19.4 Å². The molecule has 0 saturated carbocycles. The number of ether oxygens (including phenoxy) is 1. The Morgan fingerprint density at radius 2 is 2.19 bits per heavy atom. The maximum atomic E-state index is 11.8. The van der Waals surface area contributed by atoms with Gasteiger partial charge in [0.05, 0.1) is 0 Å². The quantitative estimate of drug-likeness (QED) is 0.859. The average molecular weight is 285 g/mol. The van der Waals surface area contributed by atoms with E-state index in [1.807, 2.05) is 49.0 Å². The number of hydrogen-bond acceptors (Lipinski definition) is 3. The lowest BCUT2D eigenvalue weighted by Gasteiger charge is -2.19. The van der Waals surface area contributed by atoms with Gasteiger partial charge in [-0.15, -0.1) is 0 Å². The summed E-state index contributed by atoms with van der Waals surface area (Å²) >= 11 is 0. The van der Waals surface area contributed by atoms with E-state index >= 15 is 0 Å². The highest BCUT2D eigenvalue weighted by atomic mass is 16.5. The summed E-state index contributed by atoms with van der Waals surface area (Å²) in [5, 5.41) is 2.84. The fourth-order valence-corrected chi connectivity index (χ4v) is 2.01. The van der Waals surface area contributed by atoms with Crippen LogP contribution < -0.4 is 5.32 Å². The van der Waals surface area contributed by atoms with Crippen molar-refractivity contribution in [3.05, 3.63) is 66.3 Å². The minimum Gasteiger partial charge on any atom is -0.445 e. The van der Waals surface area contributed by atoms with Crippen LogP contribution in [-0.2, 0) is 11.8 Å². The van der Waals surface area contributed by atoms with Gasteiger partial charge < -0.3 is 14.6 Å². The van der Waals surface area contributed by atoms with Crippen LogP contribution in [0.5, 0.6) is 0 Å². The predicted molar refractivity (Wildman–Crippen MR) is 80.9 cm³/mol. The van der Waals surface area contributed by atoms with Crippen LogP contribution in [0.25, 0.3) is 0 Å². The summed E-state index contributed by atoms with van der Waals surface area (Å²) in [6.07, 6.45) is 4.57. The number of aromatic nitrogens is 2. The van der Waals surface area contributed by atoms with Crippen LogP contribution in [0.4, 0.5) is 4.79 Å². The second-order valence-electron chi connectivity index (χ2n) is 4.77. The molecule has 2 rings (SSSR count). The zero-order valence-corrected chi connectivity index (χ0v) is 12.2. The van der Waals surface area contributed by atoms with E-state index in [-0.39, 0.29) is 12.6 Å². The van der Waals surface area contributed by atoms with E-state index in [1.54, 1.807) is 6.20 Å². The SMILES string of the molecule is C=CCOC(=O)NC(c1ccc(C)cc1)c1nccn1C. The van der Waals surface area contributed by atoms with Gasteiger partial charge in [0.15, 0.2) is 0 Å². The number of carbonyl (C=O) groups is 1. The lowest BCUT2D eigenvalue weighted by molar-refractivity contribution is 0.155. The summed E-state index contributed by atoms with van der Waals surface area (Å²) < 4.78 is 6.87. The Morgan fingerprint density at radius 3 is 2.76 bits per heavy atom. The van der Waals surface area contributed by atoms with E-state index in [2.05, 4.69) is 16.9 Å². The summed E-state index contributed by atoms with van der Waals surface area (Å²) in [7, 11) is 1.89. The summed E-state index contributed by atoms with van der Waals surface area (Å²) in [4.78, 5) is 16.2. The molecule has 2 aromatic rings. The Kier molecular flexibility index (Phi) is 4.77. The molecule has 0 bridgehead atoms. The largest absolute Gasteiger partial charge is 0.445 e. The molecule has 0 fully saturated rings. The molecular formula is C16H19N3O2. The molecule has 1 atom stereocenters. The molecule has 0 radical (unpaired) electrons. The molecule has 1 heterocycles. The van der Waals surface area contributed by atoms with Crippen LogP contribution >= 0.6 is 0 Å². The van der Waals surface area contributed by atoms with Gasteiger partial charge in [-0.1, -0.05) is 42.5 Å². The average Bonchev–Trinajstić information content (AvgIpc) is 2.89. The normalized spacial score (nSPS) is 11.7. The van der Waals surface area contributed by atoms with Crippen LogP contribution in [0, 0.1) is 6.92 Å². The molecule has 110 valence electrons. The highest BCUT2D eigenvalue weighted by Gasteiger charge is 2.21. The van der Waals surface area contributed by atoms with E-state index < -0.39 is 6.09 Å². The first-order valence-electron chi connectivity index (χ1n) is 6.69. The molecule has 21 heavy (non-hydrogen) atoms. The number of nitrogens with one attached hydrogen (secondary N) is 1. The van der Waals surface area contributed by atoms with E-state index in [4.69, 9.17) is 4.74 Å². The number of alkyl carbamates (subject to hydrolysis) is 1. The summed E-state index contributed by atoms with van der Waals surface area (Å²) in [5.41, 5.74) is 2.11. The lowest BCUT2D eigenvalue weighted by Crippen LogP contribution is -2.31. The van der Waals surface area contributed by atoms with Crippen molar-refractivity contribution in [2.24, 2.45) is 7.05 Å². The van der Waals surface area contributed by atoms with Gasteiger partial charge in [-0.25, -0.2) is 9.78 Å². The number of aryl methyl sites for hydroxylation is 2. The maximum absolute atomic E-state index is 11.8. The van der Waals surface area contributed by atoms with Crippen LogP contribution in [-0.4, -0.2) is 22.3 Å². The van der Waals surface area contributed by atoms with Gasteiger partial charge in [-0.05, 0) is 12.5 Å². The maximum Gasteiger partial charge on any atom is 0.408 e. The monoisotopic (exact) mass is 285 g/mol. The van der Waals surface area contributed by atoms with E-state index in [9.17, 15) is 4.79 Å². The van der Waals surface area contributed by atoms with Crippen LogP contribution in [0.15, 0.2) is 49.3 Å². The summed E-state index contributed by atoms with van der Waals surface area (Å²) in [5.74, 6) is 0.745. The molecule has 0 aliphatic heterocycles. The Morgan fingerprint density at radius 1 is 1.48 bits per heavy atom. The zero-order valence-electron chi connectivity index (χ0n) is 12.2. The number of nitrogens with zero attached hydrogens (tertiary/aromatic N) is 2. The molecular weight excluding hydrogens is 266 g/mol. The zero-order chi connectivity index (χ0) is 15.2. The minimum absolute atomic E-state index is 0.174. The third-order valence-electron chi connectivity index (χ3n) is 3.12. The predicted octanol–water partition coefficient (Wildman–Crippen LogP) is 2.73. The number of benzene rings is 1. The molecule has 5 heteroatoms. The fourth-order valence-electron chi connectivity index (χ4n) is 2.01. The molecule has 0 aliphatic carbocycles. The fraction of sp³-hybridized carbons (Fsp3) is 0.250. The van der Waals surface area contributed by atoms with Gasteiger partial charge in [-0.2, -0.15) is 0 Å². The summed E-state index contributed by atoms with van der Waals surface area (Å²) in [6, 6.07) is 7.59. The first-order valence-corrected chi connectivity index (χ1v) is 6.69. The minimum atomic E-state index is -0.497. The topological polar surface area (TPSA) is 56.1 Å². The molecule has 5 nitrogen and oxygen atoms in total. The Bertz CT molecular complexity index is 617. The van der Waals surface area contributed by atoms with Crippen molar-refractivity contribution in [2.45, 2.75) is 13.0 Å². The van der Waals surface area contributed by atoms with E-state index in [0.717, 1.165) is 17.0 Å². The molecule has 1 unspecified atom stereocenters. The molecule has 0 spiro atoms. The van der Waals surface area contributed by atoms with Crippen molar-refractivity contribution in [2.75, 3.05) is 6.61 Å². The number of hydrogen-bond donors (Lipinski definition) is 1. The number of amides is 1. The third kappa shape index (κ3) is 3.72. The number of carbonyl (C=O) groups excluding carboxylic acids is 1. The van der Waals surface area contributed by atoms with Crippen LogP contribution in [0.1, 0.15) is 23.0 Å². The highest BCUT2D eigenvalue weighted by Crippen LogP contribution is 2.21. The van der Waals surface area contributed by atoms with Crippen molar-refractivity contribution in [3.63, 3.8) is 0 Å². The molecule has 0 aliphatic rings. The Balaban J connectivity index is 2.26. The van der Waals surface area contributed by atoms with E-state index in [1.165, 1.54) is 6.08 Å².